The monoisotopic (exact) mass is 366 g/mol. The molecule has 8 nitrogen and oxygen atoms in total. The Morgan fingerprint density at radius 2 is 2.15 bits per heavy atom. The van der Waals surface area contributed by atoms with Crippen molar-refractivity contribution in [1.82, 2.24) is 25.1 Å². The number of H-pyrrole nitrogens is 1. The molecular weight excluding hydrogens is 344 g/mol. The minimum Gasteiger partial charge on any atom is -0.354 e. The van der Waals surface area contributed by atoms with Crippen LogP contribution >= 0.6 is 0 Å². The average molecular weight is 366 g/mol. The van der Waals surface area contributed by atoms with Crippen molar-refractivity contribution in [2.75, 3.05) is 18.0 Å². The number of piperidine rings is 1. The molecule has 2 aromatic heterocycles. The summed E-state index contributed by atoms with van der Waals surface area (Å²) in [6, 6.07) is 11.0. The third-order valence-corrected chi connectivity index (χ3v) is 4.93. The van der Waals surface area contributed by atoms with Crippen molar-refractivity contribution in [2.45, 2.75) is 19.4 Å². The number of amides is 1. The molecule has 0 radical (unpaired) electrons. The van der Waals surface area contributed by atoms with Gasteiger partial charge in [-0.25, -0.2) is 9.67 Å². The van der Waals surface area contributed by atoms with Gasteiger partial charge < -0.3 is 15.2 Å². The molecule has 1 atom stereocenters. The van der Waals surface area contributed by atoms with Crippen LogP contribution in [0.1, 0.15) is 18.7 Å². The van der Waals surface area contributed by atoms with E-state index in [2.05, 4.69) is 25.3 Å². The number of aromatic nitrogens is 4. The van der Waals surface area contributed by atoms with Crippen LogP contribution in [0.3, 0.4) is 0 Å². The Hall–Kier alpha value is -3.16. The number of benzene rings is 1. The van der Waals surface area contributed by atoms with Gasteiger partial charge in [-0.15, -0.1) is 0 Å². The van der Waals surface area contributed by atoms with Gasteiger partial charge >= 0.3 is 0 Å². The fourth-order valence-electron chi connectivity index (χ4n) is 3.46. The highest BCUT2D eigenvalue weighted by Gasteiger charge is 2.26. The average Bonchev–Trinajstić information content (AvgIpc) is 3.11. The first-order valence-electron chi connectivity index (χ1n) is 9.11. The molecule has 4 rings (SSSR count). The van der Waals surface area contributed by atoms with Gasteiger partial charge in [0.1, 0.15) is 11.6 Å². The zero-order valence-electron chi connectivity index (χ0n) is 15.2. The van der Waals surface area contributed by atoms with Gasteiger partial charge in [-0.1, -0.05) is 12.1 Å². The fourth-order valence-corrected chi connectivity index (χ4v) is 3.46. The van der Waals surface area contributed by atoms with Crippen molar-refractivity contribution in [3.05, 3.63) is 52.6 Å². The van der Waals surface area contributed by atoms with Crippen LogP contribution < -0.4 is 15.8 Å². The molecule has 0 aliphatic carbocycles. The van der Waals surface area contributed by atoms with Gasteiger partial charge in [0.2, 0.25) is 5.91 Å². The number of hydrogen-bond acceptors (Lipinski definition) is 5. The van der Waals surface area contributed by atoms with Crippen molar-refractivity contribution in [3.63, 3.8) is 0 Å². The summed E-state index contributed by atoms with van der Waals surface area (Å²) in [5, 5.41) is 7.28. The van der Waals surface area contributed by atoms with E-state index in [0.29, 0.717) is 13.1 Å². The van der Waals surface area contributed by atoms with Gasteiger partial charge in [0.05, 0.1) is 23.5 Å². The lowest BCUT2D eigenvalue weighted by Crippen LogP contribution is -2.43. The van der Waals surface area contributed by atoms with Crippen LogP contribution in [-0.2, 0) is 18.4 Å². The number of nitrogens with one attached hydrogen (secondary N) is 2. The third kappa shape index (κ3) is 3.69. The molecule has 0 unspecified atom stereocenters. The molecular formula is C19H22N6O2. The van der Waals surface area contributed by atoms with Crippen molar-refractivity contribution < 1.29 is 4.79 Å². The molecule has 1 aliphatic rings. The zero-order valence-corrected chi connectivity index (χ0v) is 15.2. The van der Waals surface area contributed by atoms with Gasteiger partial charge in [-0.05, 0) is 31.0 Å². The highest BCUT2D eigenvalue weighted by Crippen LogP contribution is 2.21. The second-order valence-corrected chi connectivity index (χ2v) is 6.86. The van der Waals surface area contributed by atoms with E-state index in [1.165, 1.54) is 10.7 Å². The third-order valence-electron chi connectivity index (χ3n) is 4.93. The lowest BCUT2D eigenvalue weighted by Gasteiger charge is -2.32. The summed E-state index contributed by atoms with van der Waals surface area (Å²) in [5.41, 5.74) is 1.72. The molecule has 1 saturated heterocycles. The number of carbonyl (C=O) groups excluding carboxylic acids is 1. The molecule has 1 aromatic carbocycles. The fraction of sp³-hybridized carbons (Fsp3) is 0.368. The van der Waals surface area contributed by atoms with Crippen molar-refractivity contribution in [1.29, 1.82) is 0 Å². The van der Waals surface area contributed by atoms with Gasteiger partial charge in [-0.3, -0.25) is 9.59 Å². The maximum Gasteiger partial charge on any atom is 0.266 e. The summed E-state index contributed by atoms with van der Waals surface area (Å²) in [7, 11) is 1.63. The van der Waals surface area contributed by atoms with Gasteiger partial charge in [0.15, 0.2) is 0 Å². The molecule has 2 N–H and O–H groups in total. The number of fused-ring (bicyclic) bond motifs is 1. The Morgan fingerprint density at radius 1 is 1.30 bits per heavy atom. The maximum atomic E-state index is 12.6. The highest BCUT2D eigenvalue weighted by molar-refractivity contribution is 5.80. The van der Waals surface area contributed by atoms with Crippen LogP contribution in [0.15, 0.2) is 41.2 Å². The number of aryl methyl sites for hydroxylation is 1. The maximum absolute atomic E-state index is 12.6. The van der Waals surface area contributed by atoms with Gasteiger partial charge in [-0.2, -0.15) is 5.10 Å². The topological polar surface area (TPSA) is 95.9 Å². The van der Waals surface area contributed by atoms with E-state index in [4.69, 9.17) is 0 Å². The van der Waals surface area contributed by atoms with Crippen LogP contribution in [0.2, 0.25) is 0 Å². The summed E-state index contributed by atoms with van der Waals surface area (Å²) in [4.78, 5) is 33.9. The molecule has 0 spiro atoms. The number of para-hydroxylation sites is 2. The first kappa shape index (κ1) is 17.3. The summed E-state index contributed by atoms with van der Waals surface area (Å²) in [6.45, 7) is 1.80. The first-order valence-corrected chi connectivity index (χ1v) is 9.11. The summed E-state index contributed by atoms with van der Waals surface area (Å²) in [6.07, 6.45) is 1.75. The van der Waals surface area contributed by atoms with Crippen LogP contribution in [-0.4, -0.2) is 38.7 Å². The molecule has 27 heavy (non-hydrogen) atoms. The predicted octanol–water partition coefficient (Wildman–Crippen LogP) is 1.19. The molecule has 1 fully saturated rings. The van der Waals surface area contributed by atoms with E-state index in [1.807, 2.05) is 24.3 Å². The smallest absolute Gasteiger partial charge is 0.266 e. The number of nitrogens with zero attached hydrogens (tertiary/aromatic N) is 4. The van der Waals surface area contributed by atoms with Gasteiger partial charge in [0.25, 0.3) is 5.56 Å². The number of hydrogen-bond donors (Lipinski definition) is 2. The Morgan fingerprint density at radius 3 is 2.96 bits per heavy atom. The second kappa shape index (κ2) is 7.22. The van der Waals surface area contributed by atoms with E-state index in [0.717, 1.165) is 42.1 Å². The molecule has 0 saturated carbocycles. The lowest BCUT2D eigenvalue weighted by molar-refractivity contribution is -0.125. The van der Waals surface area contributed by atoms with Crippen LogP contribution in [0, 0.1) is 5.92 Å². The number of carbonyl (C=O) groups is 1. The van der Waals surface area contributed by atoms with E-state index in [1.54, 1.807) is 13.1 Å². The highest BCUT2D eigenvalue weighted by atomic mass is 16.2. The van der Waals surface area contributed by atoms with Gasteiger partial charge in [0, 0.05) is 26.2 Å². The molecule has 1 aliphatic heterocycles. The van der Waals surface area contributed by atoms with Crippen molar-refractivity contribution >= 4 is 22.8 Å². The van der Waals surface area contributed by atoms with E-state index >= 15 is 0 Å². The Balaban J connectivity index is 1.39. The standard InChI is InChI=1S/C19H22N6O2/c1-24-18(26)9-8-17(23-24)25-10-4-5-13(12-25)19(27)20-11-16-21-14-6-2-3-7-15(14)22-16/h2-3,6-9,13H,4-5,10-12H2,1H3,(H,20,27)(H,21,22)/t13-/m1/s1. The summed E-state index contributed by atoms with van der Waals surface area (Å²) < 4.78 is 1.32. The van der Waals surface area contributed by atoms with Crippen molar-refractivity contribution in [2.24, 2.45) is 13.0 Å². The normalized spacial score (nSPS) is 17.2. The predicted molar refractivity (Wildman–Crippen MR) is 102 cm³/mol. The molecule has 0 bridgehead atoms. The second-order valence-electron chi connectivity index (χ2n) is 6.86. The molecule has 8 heteroatoms. The molecule has 3 heterocycles. The van der Waals surface area contributed by atoms with E-state index in [-0.39, 0.29) is 17.4 Å². The zero-order chi connectivity index (χ0) is 18.8. The van der Waals surface area contributed by atoms with Crippen LogP contribution in [0.4, 0.5) is 5.82 Å². The van der Waals surface area contributed by atoms with Crippen LogP contribution in [0.5, 0.6) is 0 Å². The van der Waals surface area contributed by atoms with E-state index < -0.39 is 0 Å². The lowest BCUT2D eigenvalue weighted by atomic mass is 9.97. The quantitative estimate of drug-likeness (QED) is 0.723. The SMILES string of the molecule is Cn1nc(N2CCC[C@@H](C(=O)NCc3nc4ccccc4[nH]3)C2)ccc1=O. The van der Waals surface area contributed by atoms with Crippen molar-refractivity contribution in [3.8, 4) is 0 Å². The number of anilines is 1. The van der Waals surface area contributed by atoms with Crippen LogP contribution in [0.25, 0.3) is 11.0 Å². The molecule has 1 amide bonds. The van der Waals surface area contributed by atoms with E-state index in [9.17, 15) is 9.59 Å². The largest absolute Gasteiger partial charge is 0.354 e. The molecule has 140 valence electrons. The minimum atomic E-state index is -0.143. The molecule has 3 aromatic rings. The number of rotatable bonds is 4. The Bertz CT molecular complexity index is 991. The summed E-state index contributed by atoms with van der Waals surface area (Å²) >= 11 is 0. The minimum absolute atomic E-state index is 0.0185. The first-order chi connectivity index (χ1) is 13.1. The summed E-state index contributed by atoms with van der Waals surface area (Å²) in [5.74, 6) is 1.39. The number of aromatic amines is 1. The Labute approximate surface area is 156 Å². The number of imidazole rings is 1. The Kier molecular flexibility index (Phi) is 4.62.